The zero-order valence-electron chi connectivity index (χ0n) is 18.8. The van der Waals surface area contributed by atoms with Crippen LogP contribution in [0.3, 0.4) is 0 Å². The van der Waals surface area contributed by atoms with E-state index in [0.29, 0.717) is 25.8 Å². The van der Waals surface area contributed by atoms with Gasteiger partial charge in [-0.2, -0.15) is 0 Å². The highest BCUT2D eigenvalue weighted by Gasteiger charge is 2.51. The van der Waals surface area contributed by atoms with Crippen molar-refractivity contribution in [3.05, 3.63) is 34.6 Å². The Bertz CT molecular complexity index is 1040. The van der Waals surface area contributed by atoms with Crippen molar-refractivity contribution in [3.8, 4) is 0 Å². The first-order valence-corrected chi connectivity index (χ1v) is 11.7. The Labute approximate surface area is 186 Å². The van der Waals surface area contributed by atoms with Crippen LogP contribution in [0.25, 0.3) is 4.96 Å². The van der Waals surface area contributed by atoms with E-state index < -0.39 is 6.04 Å². The predicted molar refractivity (Wildman–Crippen MR) is 119 cm³/mol. The molecule has 0 radical (unpaired) electrons. The van der Waals surface area contributed by atoms with Crippen molar-refractivity contribution in [1.82, 2.24) is 19.2 Å². The number of aromatic nitrogens is 2. The summed E-state index contributed by atoms with van der Waals surface area (Å²) in [5, 5.41) is 0. The maximum atomic E-state index is 13.6. The van der Waals surface area contributed by atoms with Crippen LogP contribution in [0.1, 0.15) is 49.4 Å². The molecule has 0 aromatic carbocycles. The van der Waals surface area contributed by atoms with Crippen molar-refractivity contribution < 1.29 is 14.4 Å². The second kappa shape index (κ2) is 8.22. The summed E-state index contributed by atoms with van der Waals surface area (Å²) in [5.74, 6) is -1.05. The third-order valence-corrected chi connectivity index (χ3v) is 7.24. The number of hydrogen-bond donors (Lipinski definition) is 0. The van der Waals surface area contributed by atoms with E-state index in [1.54, 1.807) is 23.3 Å². The normalized spacial score (nSPS) is 21.9. The van der Waals surface area contributed by atoms with Gasteiger partial charge in [0.2, 0.25) is 17.7 Å². The van der Waals surface area contributed by atoms with Crippen molar-refractivity contribution in [1.29, 1.82) is 0 Å². The molecule has 1 fully saturated rings. The van der Waals surface area contributed by atoms with Crippen LogP contribution >= 0.6 is 11.3 Å². The third-order valence-electron chi connectivity index (χ3n) is 6.34. The minimum Gasteiger partial charge on any atom is -0.338 e. The molecule has 3 unspecified atom stereocenters. The lowest BCUT2D eigenvalue weighted by molar-refractivity contribution is -0.152. The van der Waals surface area contributed by atoms with Gasteiger partial charge in [-0.3, -0.25) is 23.7 Å². The van der Waals surface area contributed by atoms with Crippen molar-refractivity contribution >= 4 is 34.0 Å². The highest BCUT2D eigenvalue weighted by Crippen LogP contribution is 2.37. The fraction of sp³-hybridized carbons (Fsp3) is 0.565. The van der Waals surface area contributed by atoms with Crippen molar-refractivity contribution in [2.24, 2.45) is 17.8 Å². The molecule has 166 valence electrons. The number of likely N-dealkylation sites (tertiary alicyclic amines) is 1. The van der Waals surface area contributed by atoms with Crippen LogP contribution in [0.15, 0.2) is 18.3 Å². The maximum Gasteiger partial charge on any atom is 0.245 e. The van der Waals surface area contributed by atoms with Gasteiger partial charge < -0.3 is 4.90 Å². The lowest BCUT2D eigenvalue weighted by Crippen LogP contribution is -2.51. The minimum atomic E-state index is -0.761. The average Bonchev–Trinajstić information content (AvgIpc) is 3.30. The standard InChI is InChI=1S/C23H30N4O3S/c1-13(2)10-18(27-20(28)16-8-6-7-9-17(16)21(27)29)22(30)25(5)12-19-15(4)24-23-26(19)11-14(3)31-23/h6-7,11,13,16-18H,8-10,12H2,1-5H3. The molecular weight excluding hydrogens is 412 g/mol. The van der Waals surface area contributed by atoms with Crippen LogP contribution in [-0.2, 0) is 20.9 Å². The lowest BCUT2D eigenvalue weighted by atomic mass is 9.85. The molecule has 0 bridgehead atoms. The molecule has 4 rings (SSSR count). The van der Waals surface area contributed by atoms with Crippen LogP contribution in [0.4, 0.5) is 0 Å². The van der Waals surface area contributed by atoms with Gasteiger partial charge in [0, 0.05) is 18.1 Å². The number of hydrogen-bond acceptors (Lipinski definition) is 5. The van der Waals surface area contributed by atoms with Gasteiger partial charge >= 0.3 is 0 Å². The van der Waals surface area contributed by atoms with Gasteiger partial charge in [0.25, 0.3) is 0 Å². The fourth-order valence-electron chi connectivity index (χ4n) is 4.75. The zero-order chi connectivity index (χ0) is 22.4. The predicted octanol–water partition coefficient (Wildman–Crippen LogP) is 3.34. The molecular formula is C23H30N4O3S. The smallest absolute Gasteiger partial charge is 0.245 e. The molecule has 1 aliphatic carbocycles. The Morgan fingerprint density at radius 2 is 1.81 bits per heavy atom. The number of likely N-dealkylation sites (N-methyl/N-ethyl adjacent to an activating group) is 1. The van der Waals surface area contributed by atoms with Gasteiger partial charge in [0.05, 0.1) is 29.8 Å². The molecule has 7 nitrogen and oxygen atoms in total. The molecule has 8 heteroatoms. The number of imidazole rings is 1. The summed E-state index contributed by atoms with van der Waals surface area (Å²) < 4.78 is 2.03. The first kappa shape index (κ1) is 21.7. The molecule has 2 aromatic heterocycles. The summed E-state index contributed by atoms with van der Waals surface area (Å²) in [4.78, 5) is 49.4. The van der Waals surface area contributed by atoms with Crippen molar-refractivity contribution in [2.45, 2.75) is 59.5 Å². The number of carbonyl (C=O) groups is 3. The van der Waals surface area contributed by atoms with Gasteiger partial charge in [-0.1, -0.05) is 26.0 Å². The van der Waals surface area contributed by atoms with Crippen LogP contribution in [0, 0.1) is 31.6 Å². The molecule has 3 heterocycles. The Hall–Kier alpha value is -2.48. The number of amides is 3. The second-order valence-electron chi connectivity index (χ2n) is 9.18. The highest BCUT2D eigenvalue weighted by molar-refractivity contribution is 7.17. The Balaban J connectivity index is 1.60. The summed E-state index contributed by atoms with van der Waals surface area (Å²) in [6.07, 6.45) is 7.59. The SMILES string of the molecule is Cc1cn2c(CN(C)C(=O)C(CC(C)C)N3C(=O)C4CC=CCC4C3=O)c(C)nc2s1. The van der Waals surface area contributed by atoms with E-state index in [0.717, 1.165) is 21.2 Å². The Morgan fingerprint density at radius 3 is 2.39 bits per heavy atom. The Kier molecular flexibility index (Phi) is 5.77. The van der Waals surface area contributed by atoms with Crippen LogP contribution in [0.5, 0.6) is 0 Å². The largest absolute Gasteiger partial charge is 0.338 e. The monoisotopic (exact) mass is 442 g/mol. The molecule has 2 aliphatic rings. The van der Waals surface area contributed by atoms with E-state index in [4.69, 9.17) is 0 Å². The van der Waals surface area contributed by atoms with Gasteiger partial charge in [0.1, 0.15) is 6.04 Å². The average molecular weight is 443 g/mol. The van der Waals surface area contributed by atoms with E-state index in [1.807, 2.05) is 50.4 Å². The van der Waals surface area contributed by atoms with Crippen molar-refractivity contribution in [3.63, 3.8) is 0 Å². The summed E-state index contributed by atoms with van der Waals surface area (Å²) in [6.45, 7) is 8.38. The second-order valence-corrected chi connectivity index (χ2v) is 10.4. The molecule has 3 amide bonds. The van der Waals surface area contributed by atoms with Gasteiger partial charge in [0.15, 0.2) is 4.96 Å². The third kappa shape index (κ3) is 3.82. The quantitative estimate of drug-likeness (QED) is 0.508. The summed E-state index contributed by atoms with van der Waals surface area (Å²) in [6, 6.07) is -0.761. The van der Waals surface area contributed by atoms with Crippen LogP contribution in [0.2, 0.25) is 0 Å². The number of allylic oxidation sites excluding steroid dienone is 2. The fourth-order valence-corrected chi connectivity index (χ4v) is 5.64. The molecule has 0 saturated carbocycles. The number of nitrogens with zero attached hydrogens (tertiary/aromatic N) is 4. The Morgan fingerprint density at radius 1 is 1.19 bits per heavy atom. The molecule has 0 N–H and O–H groups in total. The number of rotatable bonds is 6. The van der Waals surface area contributed by atoms with Gasteiger partial charge in [-0.25, -0.2) is 4.98 Å². The highest BCUT2D eigenvalue weighted by atomic mass is 32.1. The molecule has 1 aliphatic heterocycles. The van der Waals surface area contributed by atoms with Gasteiger partial charge in [-0.05, 0) is 39.0 Å². The van der Waals surface area contributed by atoms with Gasteiger partial charge in [-0.15, -0.1) is 11.3 Å². The lowest BCUT2D eigenvalue weighted by Gasteiger charge is -2.31. The first-order chi connectivity index (χ1) is 14.7. The van der Waals surface area contributed by atoms with Crippen LogP contribution in [-0.4, -0.2) is 50.0 Å². The van der Waals surface area contributed by atoms with E-state index in [-0.39, 0.29) is 35.5 Å². The first-order valence-electron chi connectivity index (χ1n) is 10.9. The summed E-state index contributed by atoms with van der Waals surface area (Å²) in [7, 11) is 1.74. The molecule has 3 atom stereocenters. The molecule has 31 heavy (non-hydrogen) atoms. The van der Waals surface area contributed by atoms with E-state index >= 15 is 0 Å². The van der Waals surface area contributed by atoms with E-state index in [2.05, 4.69) is 4.98 Å². The summed E-state index contributed by atoms with van der Waals surface area (Å²) >= 11 is 1.61. The van der Waals surface area contributed by atoms with E-state index in [9.17, 15) is 14.4 Å². The molecule has 0 spiro atoms. The number of thiazole rings is 1. The molecule has 1 saturated heterocycles. The number of carbonyl (C=O) groups excluding carboxylic acids is 3. The van der Waals surface area contributed by atoms with E-state index in [1.165, 1.54) is 4.90 Å². The number of imide groups is 1. The maximum absolute atomic E-state index is 13.6. The number of aryl methyl sites for hydroxylation is 2. The topological polar surface area (TPSA) is 75.0 Å². The van der Waals surface area contributed by atoms with Crippen LogP contribution < -0.4 is 0 Å². The summed E-state index contributed by atoms with van der Waals surface area (Å²) in [5.41, 5.74) is 1.84. The zero-order valence-corrected chi connectivity index (χ0v) is 19.6. The molecule has 2 aromatic rings. The van der Waals surface area contributed by atoms with Crippen molar-refractivity contribution in [2.75, 3.05) is 7.05 Å². The minimum absolute atomic E-state index is 0.173. The number of fused-ring (bicyclic) bond motifs is 2.